The molecule has 0 bridgehead atoms. The maximum Gasteiger partial charge on any atom is 0.260 e. The van der Waals surface area contributed by atoms with Gasteiger partial charge in [-0.15, -0.1) is 12.4 Å². The Bertz CT molecular complexity index is 546. The molecule has 0 atom stereocenters. The second kappa shape index (κ2) is 7.54. The van der Waals surface area contributed by atoms with Gasteiger partial charge in [-0.05, 0) is 62.3 Å². The van der Waals surface area contributed by atoms with E-state index in [1.807, 2.05) is 30.9 Å². The second-order valence-electron chi connectivity index (χ2n) is 6.87. The summed E-state index contributed by atoms with van der Waals surface area (Å²) in [6.45, 7) is 8.19. The summed E-state index contributed by atoms with van der Waals surface area (Å²) in [6, 6.07) is 6.09. The molecule has 128 valence electrons. The van der Waals surface area contributed by atoms with Gasteiger partial charge in [-0.1, -0.05) is 12.1 Å². The Hall–Kier alpha value is -1.26. The molecule has 23 heavy (non-hydrogen) atoms. The van der Waals surface area contributed by atoms with E-state index >= 15 is 0 Å². The number of nitrogens with one attached hydrogen (secondary N) is 1. The van der Waals surface area contributed by atoms with Gasteiger partial charge in [0.2, 0.25) is 0 Å². The topological polar surface area (TPSA) is 41.6 Å². The molecule has 1 spiro atoms. The number of piperidine rings is 1. The molecule has 2 fully saturated rings. The van der Waals surface area contributed by atoms with E-state index in [0.29, 0.717) is 5.41 Å². The number of likely N-dealkylation sites (tertiary alicyclic amines) is 1. The molecule has 1 aromatic rings. The number of ether oxygens (including phenoxy) is 1. The van der Waals surface area contributed by atoms with Gasteiger partial charge < -0.3 is 15.0 Å². The number of halogens is 1. The number of aryl methyl sites for hydroxylation is 2. The number of benzene rings is 1. The molecule has 1 aromatic carbocycles. The molecule has 0 radical (unpaired) electrons. The molecular formula is C18H27ClN2O2. The van der Waals surface area contributed by atoms with Crippen LogP contribution < -0.4 is 10.1 Å². The van der Waals surface area contributed by atoms with Crippen molar-refractivity contribution in [3.05, 3.63) is 29.3 Å². The van der Waals surface area contributed by atoms with Crippen molar-refractivity contribution in [1.82, 2.24) is 10.2 Å². The fourth-order valence-corrected chi connectivity index (χ4v) is 3.55. The zero-order chi connectivity index (χ0) is 15.6. The van der Waals surface area contributed by atoms with Crippen molar-refractivity contribution in [2.45, 2.75) is 33.1 Å². The molecule has 5 heteroatoms. The van der Waals surface area contributed by atoms with Crippen LogP contribution in [0.3, 0.4) is 0 Å². The fraction of sp³-hybridized carbons (Fsp3) is 0.611. The summed E-state index contributed by atoms with van der Waals surface area (Å²) in [7, 11) is 0. The van der Waals surface area contributed by atoms with Crippen LogP contribution in [0, 0.1) is 19.3 Å². The van der Waals surface area contributed by atoms with Crippen molar-refractivity contribution in [2.75, 3.05) is 32.8 Å². The molecule has 2 saturated heterocycles. The lowest BCUT2D eigenvalue weighted by molar-refractivity contribution is -0.135. The zero-order valence-corrected chi connectivity index (χ0v) is 14.9. The highest BCUT2D eigenvalue weighted by Crippen LogP contribution is 2.36. The van der Waals surface area contributed by atoms with Gasteiger partial charge in [-0.2, -0.15) is 0 Å². The van der Waals surface area contributed by atoms with Crippen molar-refractivity contribution < 1.29 is 9.53 Å². The minimum absolute atomic E-state index is 0. The summed E-state index contributed by atoms with van der Waals surface area (Å²) in [5, 5.41) is 3.46. The lowest BCUT2D eigenvalue weighted by Gasteiger charge is -2.38. The molecular weight excluding hydrogens is 312 g/mol. The van der Waals surface area contributed by atoms with E-state index < -0.39 is 0 Å². The van der Waals surface area contributed by atoms with Crippen LogP contribution in [0.25, 0.3) is 0 Å². The van der Waals surface area contributed by atoms with Gasteiger partial charge in [0.25, 0.3) is 5.91 Å². The van der Waals surface area contributed by atoms with Gasteiger partial charge in [0.05, 0.1) is 0 Å². The molecule has 0 saturated carbocycles. The van der Waals surface area contributed by atoms with Gasteiger partial charge in [0, 0.05) is 19.6 Å². The third-order valence-corrected chi connectivity index (χ3v) is 5.20. The fourth-order valence-electron chi connectivity index (χ4n) is 3.55. The van der Waals surface area contributed by atoms with Gasteiger partial charge in [-0.3, -0.25) is 4.79 Å². The molecule has 0 aromatic heterocycles. The Labute approximate surface area is 145 Å². The first kappa shape index (κ1) is 18.1. The van der Waals surface area contributed by atoms with Crippen LogP contribution >= 0.6 is 12.4 Å². The van der Waals surface area contributed by atoms with Crippen LogP contribution in [0.4, 0.5) is 0 Å². The predicted octanol–water partition coefficient (Wildman–Crippen LogP) is 2.71. The average molecular weight is 339 g/mol. The molecule has 1 N–H and O–H groups in total. The summed E-state index contributed by atoms with van der Waals surface area (Å²) in [5.74, 6) is 0.934. The minimum Gasteiger partial charge on any atom is -0.483 e. The van der Waals surface area contributed by atoms with Crippen molar-refractivity contribution >= 4 is 18.3 Å². The highest BCUT2D eigenvalue weighted by Gasteiger charge is 2.37. The maximum atomic E-state index is 12.4. The highest BCUT2D eigenvalue weighted by molar-refractivity contribution is 5.85. The lowest BCUT2D eigenvalue weighted by atomic mass is 9.78. The monoisotopic (exact) mass is 338 g/mol. The summed E-state index contributed by atoms with van der Waals surface area (Å²) >= 11 is 0. The molecule has 2 aliphatic rings. The quantitative estimate of drug-likeness (QED) is 0.921. The van der Waals surface area contributed by atoms with Crippen LogP contribution in [0.15, 0.2) is 18.2 Å². The van der Waals surface area contributed by atoms with E-state index in [1.54, 1.807) is 0 Å². The van der Waals surface area contributed by atoms with Crippen LogP contribution in [-0.4, -0.2) is 43.6 Å². The summed E-state index contributed by atoms with van der Waals surface area (Å²) in [4.78, 5) is 14.3. The predicted molar refractivity (Wildman–Crippen MR) is 94.4 cm³/mol. The minimum atomic E-state index is 0. The first-order valence-electron chi connectivity index (χ1n) is 8.27. The number of nitrogens with zero attached hydrogens (tertiary/aromatic N) is 1. The van der Waals surface area contributed by atoms with Gasteiger partial charge in [-0.25, -0.2) is 0 Å². The first-order valence-corrected chi connectivity index (χ1v) is 8.27. The average Bonchev–Trinajstić information content (AvgIpc) is 2.97. The Morgan fingerprint density at radius 1 is 1.26 bits per heavy atom. The second-order valence-corrected chi connectivity index (χ2v) is 6.87. The summed E-state index contributed by atoms with van der Waals surface area (Å²) in [5.41, 5.74) is 2.68. The largest absolute Gasteiger partial charge is 0.483 e. The lowest BCUT2D eigenvalue weighted by Crippen LogP contribution is -2.45. The van der Waals surface area contributed by atoms with Crippen molar-refractivity contribution in [2.24, 2.45) is 5.41 Å². The molecule has 0 unspecified atom stereocenters. The number of amides is 1. The van der Waals surface area contributed by atoms with E-state index in [9.17, 15) is 4.79 Å². The Morgan fingerprint density at radius 3 is 2.65 bits per heavy atom. The van der Waals surface area contributed by atoms with E-state index in [4.69, 9.17) is 4.74 Å². The highest BCUT2D eigenvalue weighted by atomic mass is 35.5. The van der Waals surface area contributed by atoms with Crippen molar-refractivity contribution in [3.63, 3.8) is 0 Å². The number of carbonyl (C=O) groups is 1. The van der Waals surface area contributed by atoms with Gasteiger partial charge >= 0.3 is 0 Å². The normalized spacial score (nSPS) is 19.5. The summed E-state index contributed by atoms with van der Waals surface area (Å²) in [6.07, 6.45) is 3.50. The Kier molecular flexibility index (Phi) is 5.93. The number of hydrogen-bond acceptors (Lipinski definition) is 3. The molecule has 4 nitrogen and oxygen atoms in total. The molecule has 2 aliphatic heterocycles. The van der Waals surface area contributed by atoms with Crippen LogP contribution in [-0.2, 0) is 4.79 Å². The van der Waals surface area contributed by atoms with Crippen molar-refractivity contribution in [1.29, 1.82) is 0 Å². The Balaban J connectivity index is 0.00000192. The number of carbonyl (C=O) groups excluding carboxylic acids is 1. The maximum absolute atomic E-state index is 12.4. The van der Waals surface area contributed by atoms with Crippen molar-refractivity contribution in [3.8, 4) is 5.75 Å². The van der Waals surface area contributed by atoms with E-state index in [-0.39, 0.29) is 24.9 Å². The zero-order valence-electron chi connectivity index (χ0n) is 14.1. The van der Waals surface area contributed by atoms with E-state index in [2.05, 4.69) is 11.4 Å². The Morgan fingerprint density at radius 2 is 2.00 bits per heavy atom. The third kappa shape index (κ3) is 4.18. The van der Waals surface area contributed by atoms with Crippen LogP contribution in [0.2, 0.25) is 0 Å². The summed E-state index contributed by atoms with van der Waals surface area (Å²) < 4.78 is 5.75. The SMILES string of the molecule is Cc1ccc(C)c(OCC(=O)N2CCC3(CCNC3)CC2)c1.Cl. The molecule has 0 aliphatic carbocycles. The standard InChI is InChI=1S/C18H26N2O2.ClH/c1-14-3-4-15(2)16(11-14)22-12-17(21)20-9-6-18(7-10-20)5-8-19-13-18;/h3-4,11,19H,5-10,12-13H2,1-2H3;1H. The smallest absolute Gasteiger partial charge is 0.260 e. The van der Waals surface area contributed by atoms with Crippen LogP contribution in [0.5, 0.6) is 5.75 Å². The third-order valence-electron chi connectivity index (χ3n) is 5.20. The first-order chi connectivity index (χ1) is 10.6. The number of hydrogen-bond donors (Lipinski definition) is 1. The molecule has 3 rings (SSSR count). The molecule has 2 heterocycles. The molecule has 1 amide bonds. The van der Waals surface area contributed by atoms with E-state index in [1.165, 1.54) is 6.42 Å². The van der Waals surface area contributed by atoms with Gasteiger partial charge in [0.1, 0.15) is 5.75 Å². The van der Waals surface area contributed by atoms with Gasteiger partial charge in [0.15, 0.2) is 6.61 Å². The number of rotatable bonds is 3. The van der Waals surface area contributed by atoms with E-state index in [0.717, 1.165) is 55.9 Å². The van der Waals surface area contributed by atoms with Crippen LogP contribution in [0.1, 0.15) is 30.4 Å².